The summed E-state index contributed by atoms with van der Waals surface area (Å²) in [5.74, 6) is -0.246. The Kier molecular flexibility index (Phi) is 8.64. The van der Waals surface area contributed by atoms with Crippen LogP contribution >= 0.6 is 0 Å². The van der Waals surface area contributed by atoms with Crippen molar-refractivity contribution in [3.05, 3.63) is 29.8 Å². The molecule has 0 bridgehead atoms. The van der Waals surface area contributed by atoms with E-state index in [9.17, 15) is 4.79 Å². The largest absolute Gasteiger partial charge is 0.462 e. The van der Waals surface area contributed by atoms with Crippen molar-refractivity contribution in [1.29, 1.82) is 0 Å². The summed E-state index contributed by atoms with van der Waals surface area (Å²) in [5, 5.41) is 0. The van der Waals surface area contributed by atoms with Crippen LogP contribution < -0.4 is 4.90 Å². The highest BCUT2D eigenvalue weighted by Gasteiger charge is 2.12. The van der Waals surface area contributed by atoms with Crippen LogP contribution in [0.2, 0.25) is 0 Å². The fourth-order valence-corrected chi connectivity index (χ4v) is 2.57. The summed E-state index contributed by atoms with van der Waals surface area (Å²) in [6.45, 7) is 9.98. The molecule has 0 radical (unpaired) electrons. The van der Waals surface area contributed by atoms with Crippen LogP contribution in [0.5, 0.6) is 0 Å². The van der Waals surface area contributed by atoms with Crippen molar-refractivity contribution in [3.8, 4) is 0 Å². The average Bonchev–Trinajstić information content (AvgIpc) is 2.51. The van der Waals surface area contributed by atoms with Gasteiger partial charge in [0, 0.05) is 18.3 Å². The van der Waals surface area contributed by atoms with Crippen LogP contribution in [0.25, 0.3) is 0 Å². The molecule has 0 aliphatic carbocycles. The van der Waals surface area contributed by atoms with Gasteiger partial charge in [-0.25, -0.2) is 4.79 Å². The van der Waals surface area contributed by atoms with Gasteiger partial charge in [-0.05, 0) is 51.5 Å². The topological polar surface area (TPSA) is 29.5 Å². The normalized spacial score (nSPS) is 10.8. The second-order valence-electron chi connectivity index (χ2n) is 5.97. The maximum absolute atomic E-state index is 11.7. The van der Waals surface area contributed by atoms with Crippen LogP contribution in [0.15, 0.2) is 24.3 Å². The zero-order chi connectivity index (χ0) is 16.4. The smallest absolute Gasteiger partial charge is 0.338 e. The molecular formula is C19H31NO2. The first kappa shape index (κ1) is 18.5. The van der Waals surface area contributed by atoms with Gasteiger partial charge in [-0.15, -0.1) is 0 Å². The second-order valence-corrected chi connectivity index (χ2v) is 5.97. The Labute approximate surface area is 135 Å². The van der Waals surface area contributed by atoms with Crippen molar-refractivity contribution in [3.63, 3.8) is 0 Å². The molecule has 0 fully saturated rings. The number of unbranched alkanes of at least 4 members (excludes halogenated alkanes) is 4. The van der Waals surface area contributed by atoms with E-state index < -0.39 is 0 Å². The molecule has 22 heavy (non-hydrogen) atoms. The quantitative estimate of drug-likeness (QED) is 0.447. The molecule has 1 rings (SSSR count). The predicted octanol–water partition coefficient (Wildman–Crippen LogP) is 5.05. The van der Waals surface area contributed by atoms with Crippen molar-refractivity contribution in [1.82, 2.24) is 0 Å². The van der Waals surface area contributed by atoms with E-state index in [1.54, 1.807) is 0 Å². The van der Waals surface area contributed by atoms with E-state index in [1.165, 1.54) is 37.8 Å². The zero-order valence-electron chi connectivity index (χ0n) is 14.6. The van der Waals surface area contributed by atoms with Gasteiger partial charge in [-0.3, -0.25) is 0 Å². The van der Waals surface area contributed by atoms with Gasteiger partial charge in [-0.1, -0.05) is 32.6 Å². The van der Waals surface area contributed by atoms with Crippen molar-refractivity contribution >= 4 is 11.7 Å². The van der Waals surface area contributed by atoms with Crippen LogP contribution in [-0.2, 0) is 4.74 Å². The summed E-state index contributed by atoms with van der Waals surface area (Å²) < 4.78 is 5.03. The molecule has 1 aromatic rings. The molecule has 0 heterocycles. The van der Waals surface area contributed by atoms with E-state index in [2.05, 4.69) is 25.7 Å². The van der Waals surface area contributed by atoms with Gasteiger partial charge >= 0.3 is 5.97 Å². The lowest BCUT2D eigenvalue weighted by Crippen LogP contribution is -2.31. The Hall–Kier alpha value is -1.51. The summed E-state index contributed by atoms with van der Waals surface area (Å²) in [4.78, 5) is 14.1. The monoisotopic (exact) mass is 305 g/mol. The average molecular weight is 305 g/mol. The van der Waals surface area contributed by atoms with Gasteiger partial charge < -0.3 is 9.64 Å². The Morgan fingerprint density at radius 1 is 1.05 bits per heavy atom. The second kappa shape index (κ2) is 10.3. The number of carbonyl (C=O) groups excluding carboxylic acids is 1. The molecule has 0 aromatic heterocycles. The van der Waals surface area contributed by atoms with Gasteiger partial charge in [0.05, 0.1) is 12.2 Å². The molecule has 1 aromatic carbocycles. The Morgan fingerprint density at radius 3 is 2.23 bits per heavy atom. The highest BCUT2D eigenvalue weighted by molar-refractivity contribution is 5.89. The van der Waals surface area contributed by atoms with E-state index in [0.717, 1.165) is 6.54 Å². The lowest BCUT2D eigenvalue weighted by atomic mass is 10.1. The Morgan fingerprint density at radius 2 is 1.68 bits per heavy atom. The van der Waals surface area contributed by atoms with Gasteiger partial charge in [0.2, 0.25) is 0 Å². The summed E-state index contributed by atoms with van der Waals surface area (Å²) in [6.07, 6.45) is 6.44. The summed E-state index contributed by atoms with van der Waals surface area (Å²) in [5.41, 5.74) is 1.80. The molecule has 0 aliphatic heterocycles. The Balaban J connectivity index is 2.61. The fourth-order valence-electron chi connectivity index (χ4n) is 2.57. The van der Waals surface area contributed by atoms with Crippen molar-refractivity contribution < 1.29 is 9.53 Å². The lowest BCUT2D eigenvalue weighted by Gasteiger charge is -2.29. The number of hydrogen-bond acceptors (Lipinski definition) is 3. The first-order valence-electron chi connectivity index (χ1n) is 8.64. The third-order valence-electron chi connectivity index (χ3n) is 3.84. The van der Waals surface area contributed by atoms with Crippen molar-refractivity contribution in [2.24, 2.45) is 0 Å². The number of esters is 1. The number of rotatable bonds is 10. The SMILES string of the molecule is CCCCCCCN(c1ccc(C(=O)OCC)cc1)C(C)C. The molecular weight excluding hydrogens is 274 g/mol. The number of nitrogens with zero attached hydrogens (tertiary/aromatic N) is 1. The highest BCUT2D eigenvalue weighted by atomic mass is 16.5. The molecule has 0 amide bonds. The van der Waals surface area contributed by atoms with Crippen LogP contribution in [0.4, 0.5) is 5.69 Å². The van der Waals surface area contributed by atoms with E-state index >= 15 is 0 Å². The van der Waals surface area contributed by atoms with Gasteiger partial charge in [-0.2, -0.15) is 0 Å². The molecule has 0 aliphatic rings. The molecule has 0 unspecified atom stereocenters. The summed E-state index contributed by atoms with van der Waals surface area (Å²) in [6, 6.07) is 8.23. The van der Waals surface area contributed by atoms with Crippen LogP contribution in [0.3, 0.4) is 0 Å². The van der Waals surface area contributed by atoms with Crippen LogP contribution in [0.1, 0.15) is 70.2 Å². The maximum Gasteiger partial charge on any atom is 0.338 e. The first-order chi connectivity index (χ1) is 10.6. The number of anilines is 1. The molecule has 0 saturated carbocycles. The first-order valence-corrected chi connectivity index (χ1v) is 8.64. The van der Waals surface area contributed by atoms with Crippen molar-refractivity contribution in [2.75, 3.05) is 18.1 Å². The summed E-state index contributed by atoms with van der Waals surface area (Å²) in [7, 11) is 0. The lowest BCUT2D eigenvalue weighted by molar-refractivity contribution is 0.0526. The fraction of sp³-hybridized carbons (Fsp3) is 0.632. The molecule has 0 spiro atoms. The van der Waals surface area contributed by atoms with E-state index in [4.69, 9.17) is 4.74 Å². The number of carbonyl (C=O) groups is 1. The third kappa shape index (κ3) is 6.08. The van der Waals surface area contributed by atoms with E-state index in [1.807, 2.05) is 31.2 Å². The van der Waals surface area contributed by atoms with Crippen molar-refractivity contribution in [2.45, 2.75) is 65.8 Å². The minimum Gasteiger partial charge on any atom is -0.462 e. The molecule has 3 heteroatoms. The summed E-state index contributed by atoms with van der Waals surface area (Å²) >= 11 is 0. The molecule has 0 saturated heterocycles. The van der Waals surface area contributed by atoms with Gasteiger partial charge in [0.25, 0.3) is 0 Å². The maximum atomic E-state index is 11.7. The standard InChI is InChI=1S/C19H31NO2/c1-5-7-8-9-10-15-20(16(3)4)18-13-11-17(12-14-18)19(21)22-6-2/h11-14,16H,5-10,15H2,1-4H3. The van der Waals surface area contributed by atoms with E-state index in [-0.39, 0.29) is 5.97 Å². The van der Waals surface area contributed by atoms with Gasteiger partial charge in [0.1, 0.15) is 0 Å². The van der Waals surface area contributed by atoms with Crippen LogP contribution in [0, 0.1) is 0 Å². The number of hydrogen-bond donors (Lipinski definition) is 0. The van der Waals surface area contributed by atoms with E-state index in [0.29, 0.717) is 18.2 Å². The minimum absolute atomic E-state index is 0.246. The van der Waals surface area contributed by atoms with Gasteiger partial charge in [0.15, 0.2) is 0 Å². The zero-order valence-corrected chi connectivity index (χ0v) is 14.6. The number of benzene rings is 1. The molecule has 0 N–H and O–H groups in total. The third-order valence-corrected chi connectivity index (χ3v) is 3.84. The van der Waals surface area contributed by atoms with Crippen LogP contribution in [-0.4, -0.2) is 25.2 Å². The minimum atomic E-state index is -0.246. The molecule has 124 valence electrons. The Bertz CT molecular complexity index is 426. The molecule has 3 nitrogen and oxygen atoms in total. The predicted molar refractivity (Wildman–Crippen MR) is 93.6 cm³/mol. The highest BCUT2D eigenvalue weighted by Crippen LogP contribution is 2.19. The molecule has 0 atom stereocenters. The number of ether oxygens (including phenoxy) is 1.